The molecular weight excluding hydrogens is 423 g/mol. The summed E-state index contributed by atoms with van der Waals surface area (Å²) in [6.07, 6.45) is 0. The SMILES string of the molecule is COC(=O)c1c(NC(=O)c2cccc(OC)c2)sc(C(=O)Nc2ccc(F)cc2)c1C. The number of anilines is 2. The summed E-state index contributed by atoms with van der Waals surface area (Å²) in [6, 6.07) is 11.8. The minimum absolute atomic E-state index is 0.0907. The van der Waals surface area contributed by atoms with Gasteiger partial charge in [0.25, 0.3) is 11.8 Å². The van der Waals surface area contributed by atoms with Gasteiger partial charge in [-0.15, -0.1) is 11.3 Å². The number of nitrogens with one attached hydrogen (secondary N) is 2. The van der Waals surface area contributed by atoms with Crippen molar-refractivity contribution >= 4 is 39.8 Å². The molecule has 0 atom stereocenters. The maximum Gasteiger partial charge on any atom is 0.341 e. The third-order valence-electron chi connectivity index (χ3n) is 4.40. The minimum atomic E-state index is -0.685. The summed E-state index contributed by atoms with van der Waals surface area (Å²) in [5.41, 5.74) is 1.16. The lowest BCUT2D eigenvalue weighted by molar-refractivity contribution is 0.0601. The van der Waals surface area contributed by atoms with E-state index in [1.54, 1.807) is 31.2 Å². The van der Waals surface area contributed by atoms with Gasteiger partial charge in [-0.3, -0.25) is 9.59 Å². The van der Waals surface area contributed by atoms with Crippen LogP contribution < -0.4 is 15.4 Å². The summed E-state index contributed by atoms with van der Waals surface area (Å²) < 4.78 is 23.0. The standard InChI is InChI=1S/C22H19FN2O5S/c1-12-17(22(28)30-3)21(25-19(26)13-5-4-6-16(11-13)29-2)31-18(12)20(27)24-15-9-7-14(23)8-10-15/h4-11H,1-3H3,(H,24,27)(H,25,26). The number of ether oxygens (including phenoxy) is 2. The highest BCUT2D eigenvalue weighted by atomic mass is 32.1. The summed E-state index contributed by atoms with van der Waals surface area (Å²) in [6.45, 7) is 1.59. The van der Waals surface area contributed by atoms with Gasteiger partial charge in [0.1, 0.15) is 16.6 Å². The predicted molar refractivity (Wildman–Crippen MR) is 116 cm³/mol. The lowest BCUT2D eigenvalue weighted by Gasteiger charge is -2.07. The van der Waals surface area contributed by atoms with E-state index in [-0.39, 0.29) is 15.4 Å². The number of thiophene rings is 1. The van der Waals surface area contributed by atoms with Gasteiger partial charge in [0.05, 0.1) is 24.7 Å². The number of carbonyl (C=O) groups is 3. The zero-order valence-electron chi connectivity index (χ0n) is 16.9. The predicted octanol–water partition coefficient (Wildman–Crippen LogP) is 4.50. The fourth-order valence-electron chi connectivity index (χ4n) is 2.83. The number of rotatable bonds is 6. The number of carbonyl (C=O) groups excluding carboxylic acids is 3. The first-order valence-corrected chi connectivity index (χ1v) is 9.89. The molecule has 0 aliphatic carbocycles. The molecule has 0 spiro atoms. The molecule has 1 aromatic heterocycles. The first-order valence-electron chi connectivity index (χ1n) is 9.08. The van der Waals surface area contributed by atoms with Gasteiger partial charge in [-0.2, -0.15) is 0 Å². The number of benzene rings is 2. The Morgan fingerprint density at radius 3 is 2.32 bits per heavy atom. The second-order valence-electron chi connectivity index (χ2n) is 6.40. The van der Waals surface area contributed by atoms with Gasteiger partial charge in [-0.05, 0) is 55.0 Å². The molecule has 7 nitrogen and oxygen atoms in total. The van der Waals surface area contributed by atoms with Crippen molar-refractivity contribution in [1.29, 1.82) is 0 Å². The third-order valence-corrected chi connectivity index (χ3v) is 5.61. The summed E-state index contributed by atoms with van der Waals surface area (Å²) in [5.74, 6) is -1.59. The fraction of sp³-hybridized carbons (Fsp3) is 0.136. The van der Waals surface area contributed by atoms with Crippen LogP contribution in [0.5, 0.6) is 5.75 Å². The average molecular weight is 442 g/mol. The lowest BCUT2D eigenvalue weighted by atomic mass is 10.1. The van der Waals surface area contributed by atoms with Crippen LogP contribution in [-0.4, -0.2) is 32.0 Å². The average Bonchev–Trinajstić information content (AvgIpc) is 3.10. The lowest BCUT2D eigenvalue weighted by Crippen LogP contribution is -2.14. The maximum absolute atomic E-state index is 13.1. The van der Waals surface area contributed by atoms with E-state index < -0.39 is 23.6 Å². The molecule has 2 N–H and O–H groups in total. The van der Waals surface area contributed by atoms with E-state index in [2.05, 4.69) is 10.6 Å². The normalized spacial score (nSPS) is 10.3. The van der Waals surface area contributed by atoms with Gasteiger partial charge in [-0.1, -0.05) is 6.07 Å². The molecule has 160 valence electrons. The number of hydrogen-bond donors (Lipinski definition) is 2. The highest BCUT2D eigenvalue weighted by Gasteiger charge is 2.26. The van der Waals surface area contributed by atoms with E-state index in [0.29, 0.717) is 22.6 Å². The molecule has 0 bridgehead atoms. The molecule has 0 aliphatic rings. The Morgan fingerprint density at radius 1 is 0.968 bits per heavy atom. The number of methoxy groups -OCH3 is 2. The smallest absolute Gasteiger partial charge is 0.341 e. The van der Waals surface area contributed by atoms with Crippen molar-refractivity contribution < 1.29 is 28.2 Å². The largest absolute Gasteiger partial charge is 0.497 e. The molecule has 31 heavy (non-hydrogen) atoms. The Bertz CT molecular complexity index is 1140. The van der Waals surface area contributed by atoms with Crippen LogP contribution in [0.1, 0.15) is 36.0 Å². The quantitative estimate of drug-likeness (QED) is 0.549. The molecular formula is C22H19FN2O5S. The zero-order valence-corrected chi connectivity index (χ0v) is 17.8. The van der Waals surface area contributed by atoms with Crippen molar-refractivity contribution in [2.45, 2.75) is 6.92 Å². The van der Waals surface area contributed by atoms with Crippen LogP contribution in [0, 0.1) is 12.7 Å². The van der Waals surface area contributed by atoms with E-state index in [1.807, 2.05) is 0 Å². The summed E-state index contributed by atoms with van der Waals surface area (Å²) in [4.78, 5) is 38.0. The van der Waals surface area contributed by atoms with E-state index in [9.17, 15) is 18.8 Å². The van der Waals surface area contributed by atoms with E-state index in [0.717, 1.165) is 11.3 Å². The molecule has 2 aromatic carbocycles. The van der Waals surface area contributed by atoms with Crippen LogP contribution in [-0.2, 0) is 4.74 Å². The molecule has 0 aliphatic heterocycles. The first-order chi connectivity index (χ1) is 14.8. The van der Waals surface area contributed by atoms with Crippen molar-refractivity contribution in [3.05, 3.63) is 75.9 Å². The number of amides is 2. The van der Waals surface area contributed by atoms with Crippen LogP contribution in [0.4, 0.5) is 15.1 Å². The highest BCUT2D eigenvalue weighted by molar-refractivity contribution is 7.19. The van der Waals surface area contributed by atoms with Crippen LogP contribution in [0.3, 0.4) is 0 Å². The Hall–Kier alpha value is -3.72. The van der Waals surface area contributed by atoms with Crippen molar-refractivity contribution in [2.75, 3.05) is 24.9 Å². The molecule has 0 fully saturated rings. The van der Waals surface area contributed by atoms with Crippen LogP contribution >= 0.6 is 11.3 Å². The number of hydrogen-bond acceptors (Lipinski definition) is 6. The molecule has 0 saturated heterocycles. The molecule has 2 amide bonds. The van der Waals surface area contributed by atoms with Gasteiger partial charge in [0.15, 0.2) is 0 Å². The number of esters is 1. The fourth-order valence-corrected chi connectivity index (χ4v) is 3.91. The van der Waals surface area contributed by atoms with E-state index >= 15 is 0 Å². The Kier molecular flexibility index (Phi) is 6.66. The Labute approximate surface area is 181 Å². The molecule has 0 unspecified atom stereocenters. The second-order valence-corrected chi connectivity index (χ2v) is 7.42. The van der Waals surface area contributed by atoms with Gasteiger partial charge in [0.2, 0.25) is 0 Å². The van der Waals surface area contributed by atoms with Gasteiger partial charge in [-0.25, -0.2) is 9.18 Å². The van der Waals surface area contributed by atoms with Crippen molar-refractivity contribution in [3.63, 3.8) is 0 Å². The monoisotopic (exact) mass is 442 g/mol. The summed E-state index contributed by atoms with van der Waals surface area (Å²) >= 11 is 0.943. The Morgan fingerprint density at radius 2 is 1.68 bits per heavy atom. The van der Waals surface area contributed by atoms with E-state index in [1.165, 1.54) is 38.5 Å². The summed E-state index contributed by atoms with van der Waals surface area (Å²) in [7, 11) is 2.70. The Balaban J connectivity index is 1.92. The van der Waals surface area contributed by atoms with Gasteiger partial charge >= 0.3 is 5.97 Å². The molecule has 0 saturated carbocycles. The molecule has 3 aromatic rings. The van der Waals surface area contributed by atoms with Crippen LogP contribution in [0.25, 0.3) is 0 Å². The first kappa shape index (κ1) is 22.0. The zero-order chi connectivity index (χ0) is 22.5. The summed E-state index contributed by atoms with van der Waals surface area (Å²) in [5, 5.41) is 5.50. The van der Waals surface area contributed by atoms with Crippen LogP contribution in [0.2, 0.25) is 0 Å². The second kappa shape index (κ2) is 9.40. The van der Waals surface area contributed by atoms with Gasteiger partial charge < -0.3 is 20.1 Å². The minimum Gasteiger partial charge on any atom is -0.497 e. The molecule has 0 radical (unpaired) electrons. The van der Waals surface area contributed by atoms with E-state index in [4.69, 9.17) is 9.47 Å². The topological polar surface area (TPSA) is 93.7 Å². The molecule has 1 heterocycles. The number of halogens is 1. The van der Waals surface area contributed by atoms with Crippen LogP contribution in [0.15, 0.2) is 48.5 Å². The van der Waals surface area contributed by atoms with Crippen molar-refractivity contribution in [2.24, 2.45) is 0 Å². The van der Waals surface area contributed by atoms with Gasteiger partial charge in [0, 0.05) is 11.3 Å². The maximum atomic E-state index is 13.1. The highest BCUT2D eigenvalue weighted by Crippen LogP contribution is 2.34. The third kappa shape index (κ3) is 4.89. The molecule has 9 heteroatoms. The van der Waals surface area contributed by atoms with Crippen molar-refractivity contribution in [3.8, 4) is 5.75 Å². The molecule has 3 rings (SSSR count). The van der Waals surface area contributed by atoms with Crippen molar-refractivity contribution in [1.82, 2.24) is 0 Å².